The van der Waals surface area contributed by atoms with Crippen LogP contribution in [0.5, 0.6) is 17.2 Å². The zero-order valence-corrected chi connectivity index (χ0v) is 28.7. The van der Waals surface area contributed by atoms with Gasteiger partial charge in [0, 0.05) is 17.7 Å². The number of Topliss-reactive ketones (excluding diaryl/α,β-unsaturated/α-hetero) is 1. The molecule has 250 valence electrons. The molecule has 1 amide bonds. The van der Waals surface area contributed by atoms with Crippen LogP contribution in [0.15, 0.2) is 70.6 Å². The molecular weight excluding hydrogens is 654 g/mol. The second-order valence-electron chi connectivity index (χ2n) is 12.1. The number of aliphatic hydroxyl groups is 1. The van der Waals surface area contributed by atoms with Crippen molar-refractivity contribution in [3.05, 3.63) is 94.3 Å². The Morgan fingerprint density at radius 3 is 2.62 bits per heavy atom. The topological polar surface area (TPSA) is 111 Å². The highest BCUT2D eigenvalue weighted by atomic mass is 32.2. The molecule has 1 aromatic heterocycles. The van der Waals surface area contributed by atoms with Crippen molar-refractivity contribution in [3.63, 3.8) is 0 Å². The SMILES string of the molecule is CCOc1cc([C@H]2/C(=C(\O)c3ccc4c(c3)C[C@H](C)O4)C(=O)C(=O)N2c2nnc(SCc3ccc(F)cc3)s2)ccc1OCCC(C)C. The number of rotatable bonds is 12. The van der Waals surface area contributed by atoms with Crippen LogP contribution in [0.1, 0.15) is 62.4 Å². The standard InChI is InChI=1S/C36H36FN3O6S2/c1-5-44-29-18-23(8-13-28(29)45-15-14-20(2)3)31-30(32(41)24-9-12-27-25(17-24)16-21(4)46-27)33(42)34(43)40(31)35-38-39-36(48-35)47-19-22-6-10-26(37)11-7-22/h6-13,17-18,20-21,31,41H,5,14-16,19H2,1-4H3/b32-30+/t21-,31-/m0/s1. The van der Waals surface area contributed by atoms with Crippen LogP contribution in [-0.4, -0.2) is 46.3 Å². The van der Waals surface area contributed by atoms with Crippen LogP contribution < -0.4 is 19.1 Å². The first kappa shape index (κ1) is 33.5. The fourth-order valence-electron chi connectivity index (χ4n) is 5.64. The number of hydrogen-bond donors (Lipinski definition) is 1. The molecule has 1 fully saturated rings. The van der Waals surface area contributed by atoms with E-state index >= 15 is 0 Å². The zero-order chi connectivity index (χ0) is 33.9. The van der Waals surface area contributed by atoms with E-state index in [1.165, 1.54) is 28.8 Å². The summed E-state index contributed by atoms with van der Waals surface area (Å²) < 4.78 is 31.8. The molecule has 2 atom stereocenters. The number of benzene rings is 3. The van der Waals surface area contributed by atoms with Crippen molar-refractivity contribution in [1.82, 2.24) is 10.2 Å². The Labute approximate surface area is 286 Å². The van der Waals surface area contributed by atoms with E-state index in [9.17, 15) is 19.1 Å². The summed E-state index contributed by atoms with van der Waals surface area (Å²) in [5, 5.41) is 20.5. The smallest absolute Gasteiger partial charge is 0.301 e. The number of aromatic nitrogens is 2. The van der Waals surface area contributed by atoms with Gasteiger partial charge >= 0.3 is 5.91 Å². The number of thioether (sulfide) groups is 1. The first-order valence-corrected chi connectivity index (χ1v) is 17.6. The quantitative estimate of drug-likeness (QED) is 0.0525. The normalized spacial score (nSPS) is 18.3. The number of fused-ring (bicyclic) bond motifs is 1. The Kier molecular flexibility index (Phi) is 10.0. The summed E-state index contributed by atoms with van der Waals surface area (Å²) in [5.41, 5.74) is 2.67. The van der Waals surface area contributed by atoms with Crippen molar-refractivity contribution in [3.8, 4) is 17.2 Å². The highest BCUT2D eigenvalue weighted by molar-refractivity contribution is 8.00. The minimum Gasteiger partial charge on any atom is -0.507 e. The molecule has 4 aromatic rings. The lowest BCUT2D eigenvalue weighted by molar-refractivity contribution is -0.132. The third-order valence-electron chi connectivity index (χ3n) is 8.03. The van der Waals surface area contributed by atoms with Crippen molar-refractivity contribution in [2.45, 2.75) is 62.8 Å². The number of hydrogen-bond acceptors (Lipinski definition) is 10. The van der Waals surface area contributed by atoms with Crippen molar-refractivity contribution >= 4 is 45.7 Å². The molecule has 0 unspecified atom stereocenters. The molecule has 2 aliphatic heterocycles. The van der Waals surface area contributed by atoms with Gasteiger partial charge in [-0.1, -0.05) is 55.1 Å². The van der Waals surface area contributed by atoms with Gasteiger partial charge in [0.15, 0.2) is 15.8 Å². The van der Waals surface area contributed by atoms with Crippen LogP contribution in [0.25, 0.3) is 5.76 Å². The number of carbonyl (C=O) groups excluding carboxylic acids is 2. The molecule has 2 aliphatic rings. The average Bonchev–Trinajstić information content (AvgIpc) is 3.75. The average molecular weight is 690 g/mol. The number of halogens is 1. The second-order valence-corrected chi connectivity index (χ2v) is 14.2. The number of aliphatic hydroxyl groups excluding tert-OH is 1. The lowest BCUT2D eigenvalue weighted by atomic mass is 9.94. The monoisotopic (exact) mass is 689 g/mol. The predicted octanol–water partition coefficient (Wildman–Crippen LogP) is 7.74. The van der Waals surface area contributed by atoms with E-state index < -0.39 is 17.7 Å². The fourth-order valence-corrected chi connectivity index (χ4v) is 7.46. The molecule has 1 saturated heterocycles. The Bertz CT molecular complexity index is 1860. The van der Waals surface area contributed by atoms with Gasteiger partial charge in [-0.05, 0) is 85.3 Å². The molecule has 3 heterocycles. The lowest BCUT2D eigenvalue weighted by Gasteiger charge is -2.24. The lowest BCUT2D eigenvalue weighted by Crippen LogP contribution is -2.29. The number of nitrogens with zero attached hydrogens (tertiary/aromatic N) is 3. The summed E-state index contributed by atoms with van der Waals surface area (Å²) >= 11 is 2.54. The van der Waals surface area contributed by atoms with Crippen LogP contribution in [0.3, 0.4) is 0 Å². The van der Waals surface area contributed by atoms with Crippen molar-refractivity contribution in [2.24, 2.45) is 5.92 Å². The fraction of sp³-hybridized carbons (Fsp3) is 0.333. The molecule has 9 nitrogen and oxygen atoms in total. The molecule has 0 saturated carbocycles. The summed E-state index contributed by atoms with van der Waals surface area (Å²) in [5.74, 6) is 0.408. The summed E-state index contributed by atoms with van der Waals surface area (Å²) in [4.78, 5) is 28.9. The number of amides is 1. The van der Waals surface area contributed by atoms with Gasteiger partial charge < -0.3 is 19.3 Å². The third-order valence-corrected chi connectivity index (χ3v) is 10.2. The molecule has 1 N–H and O–H groups in total. The maximum absolute atomic E-state index is 13.8. The highest BCUT2D eigenvalue weighted by Gasteiger charge is 2.48. The van der Waals surface area contributed by atoms with Gasteiger partial charge in [0.05, 0.1) is 24.8 Å². The van der Waals surface area contributed by atoms with Gasteiger partial charge in [-0.2, -0.15) is 0 Å². The van der Waals surface area contributed by atoms with E-state index in [1.807, 2.05) is 13.8 Å². The van der Waals surface area contributed by atoms with Crippen LogP contribution in [0, 0.1) is 11.7 Å². The van der Waals surface area contributed by atoms with Crippen LogP contribution in [-0.2, 0) is 21.8 Å². The van der Waals surface area contributed by atoms with Crippen LogP contribution in [0.2, 0.25) is 0 Å². The zero-order valence-electron chi connectivity index (χ0n) is 27.1. The number of ketones is 1. The van der Waals surface area contributed by atoms with Crippen molar-refractivity contribution < 1.29 is 33.3 Å². The Hall–Kier alpha value is -4.42. The van der Waals surface area contributed by atoms with Gasteiger partial charge in [-0.3, -0.25) is 14.5 Å². The summed E-state index contributed by atoms with van der Waals surface area (Å²) in [6, 6.07) is 15.7. The molecule has 0 spiro atoms. The van der Waals surface area contributed by atoms with E-state index in [0.29, 0.717) is 58.3 Å². The Balaban J connectivity index is 1.40. The first-order chi connectivity index (χ1) is 23.1. The Morgan fingerprint density at radius 1 is 1.08 bits per heavy atom. The van der Waals surface area contributed by atoms with E-state index in [-0.39, 0.29) is 28.4 Å². The van der Waals surface area contributed by atoms with E-state index in [0.717, 1.165) is 34.6 Å². The summed E-state index contributed by atoms with van der Waals surface area (Å²) in [6.45, 7) is 8.93. The molecule has 0 bridgehead atoms. The van der Waals surface area contributed by atoms with Gasteiger partial charge in [-0.25, -0.2) is 4.39 Å². The van der Waals surface area contributed by atoms with Gasteiger partial charge in [0.1, 0.15) is 23.4 Å². The summed E-state index contributed by atoms with van der Waals surface area (Å²) in [7, 11) is 0. The Morgan fingerprint density at radius 2 is 1.88 bits per heavy atom. The maximum Gasteiger partial charge on any atom is 0.301 e. The maximum atomic E-state index is 13.8. The van der Waals surface area contributed by atoms with Crippen molar-refractivity contribution in [2.75, 3.05) is 18.1 Å². The van der Waals surface area contributed by atoms with Gasteiger partial charge in [0.2, 0.25) is 5.13 Å². The molecule has 0 aliphatic carbocycles. The van der Waals surface area contributed by atoms with E-state index in [4.69, 9.17) is 14.2 Å². The largest absolute Gasteiger partial charge is 0.507 e. The third kappa shape index (κ3) is 7.05. The molecule has 48 heavy (non-hydrogen) atoms. The molecular formula is C36H36FN3O6S2. The van der Waals surface area contributed by atoms with Crippen molar-refractivity contribution in [1.29, 1.82) is 0 Å². The predicted molar refractivity (Wildman–Crippen MR) is 183 cm³/mol. The molecule has 12 heteroatoms. The summed E-state index contributed by atoms with van der Waals surface area (Å²) in [6.07, 6.45) is 1.51. The van der Waals surface area contributed by atoms with E-state index in [1.54, 1.807) is 48.5 Å². The van der Waals surface area contributed by atoms with Crippen LogP contribution in [0.4, 0.5) is 9.52 Å². The number of ether oxygens (including phenoxy) is 3. The van der Waals surface area contributed by atoms with Crippen LogP contribution >= 0.6 is 23.1 Å². The first-order valence-electron chi connectivity index (χ1n) is 15.8. The minimum atomic E-state index is -1.03. The van der Waals surface area contributed by atoms with Gasteiger partial charge in [0.25, 0.3) is 5.78 Å². The second kappa shape index (κ2) is 14.4. The number of anilines is 1. The van der Waals surface area contributed by atoms with Gasteiger partial charge in [-0.15, -0.1) is 10.2 Å². The number of carbonyl (C=O) groups is 2. The highest BCUT2D eigenvalue weighted by Crippen LogP contribution is 2.46. The molecule has 0 radical (unpaired) electrons. The molecule has 3 aromatic carbocycles. The molecule has 6 rings (SSSR count). The minimum absolute atomic E-state index is 0.00578. The van der Waals surface area contributed by atoms with E-state index in [2.05, 4.69) is 24.0 Å².